The number of aliphatic hydroxyl groups excluding tert-OH is 1. The van der Waals surface area contributed by atoms with Crippen LogP contribution in [0.15, 0.2) is 28.9 Å². The number of aromatic nitrogens is 2. The highest BCUT2D eigenvalue weighted by molar-refractivity contribution is 7.99. The van der Waals surface area contributed by atoms with Crippen molar-refractivity contribution in [1.82, 2.24) is 14.9 Å². The SMILES string of the molecule is CC(NC(=O)CSc1ncc(CO)n1C)c1cccs1. The number of rotatable bonds is 6. The van der Waals surface area contributed by atoms with Crippen molar-refractivity contribution in [3.05, 3.63) is 34.3 Å². The van der Waals surface area contributed by atoms with E-state index >= 15 is 0 Å². The molecule has 20 heavy (non-hydrogen) atoms. The molecule has 0 aliphatic heterocycles. The number of aliphatic hydroxyl groups is 1. The Bertz CT molecular complexity index is 566. The highest BCUT2D eigenvalue weighted by Crippen LogP contribution is 2.20. The molecule has 1 amide bonds. The van der Waals surface area contributed by atoms with Gasteiger partial charge in [-0.1, -0.05) is 17.8 Å². The zero-order chi connectivity index (χ0) is 14.5. The van der Waals surface area contributed by atoms with Gasteiger partial charge in [-0.3, -0.25) is 4.79 Å². The molecular formula is C13H17N3O2S2. The second-order valence-electron chi connectivity index (χ2n) is 4.34. The van der Waals surface area contributed by atoms with Gasteiger partial charge in [-0.05, 0) is 18.4 Å². The van der Waals surface area contributed by atoms with E-state index in [-0.39, 0.29) is 18.6 Å². The molecule has 7 heteroatoms. The van der Waals surface area contributed by atoms with Crippen LogP contribution in [0.5, 0.6) is 0 Å². The number of thiophene rings is 1. The molecule has 0 aliphatic carbocycles. The van der Waals surface area contributed by atoms with Crippen molar-refractivity contribution in [1.29, 1.82) is 0 Å². The van der Waals surface area contributed by atoms with Crippen LogP contribution in [-0.4, -0.2) is 26.3 Å². The summed E-state index contributed by atoms with van der Waals surface area (Å²) in [5, 5.41) is 14.8. The van der Waals surface area contributed by atoms with Crippen molar-refractivity contribution in [2.24, 2.45) is 7.05 Å². The first-order valence-electron chi connectivity index (χ1n) is 6.19. The smallest absolute Gasteiger partial charge is 0.230 e. The number of imidazole rings is 1. The molecule has 0 saturated carbocycles. The molecule has 108 valence electrons. The minimum absolute atomic E-state index is 0.0237. The quantitative estimate of drug-likeness (QED) is 0.800. The summed E-state index contributed by atoms with van der Waals surface area (Å²) in [5.41, 5.74) is 0.736. The monoisotopic (exact) mass is 311 g/mol. The molecule has 0 radical (unpaired) electrons. The van der Waals surface area contributed by atoms with E-state index in [0.717, 1.165) is 15.7 Å². The fourth-order valence-corrected chi connectivity index (χ4v) is 3.24. The zero-order valence-corrected chi connectivity index (χ0v) is 13.0. The van der Waals surface area contributed by atoms with Crippen LogP contribution in [0.4, 0.5) is 0 Å². The second-order valence-corrected chi connectivity index (χ2v) is 6.26. The Hall–Kier alpha value is -1.31. The first-order chi connectivity index (χ1) is 9.61. The topological polar surface area (TPSA) is 67.2 Å². The second kappa shape index (κ2) is 6.92. The van der Waals surface area contributed by atoms with Crippen molar-refractivity contribution in [3.8, 4) is 0 Å². The van der Waals surface area contributed by atoms with Gasteiger partial charge in [0, 0.05) is 11.9 Å². The van der Waals surface area contributed by atoms with Gasteiger partial charge in [-0.25, -0.2) is 4.98 Å². The highest BCUT2D eigenvalue weighted by atomic mass is 32.2. The van der Waals surface area contributed by atoms with Gasteiger partial charge >= 0.3 is 0 Å². The highest BCUT2D eigenvalue weighted by Gasteiger charge is 2.12. The minimum Gasteiger partial charge on any atom is -0.390 e. The van der Waals surface area contributed by atoms with E-state index in [1.165, 1.54) is 11.8 Å². The maximum atomic E-state index is 11.9. The average molecular weight is 311 g/mol. The third-order valence-electron chi connectivity index (χ3n) is 2.88. The van der Waals surface area contributed by atoms with Crippen LogP contribution in [0.2, 0.25) is 0 Å². The van der Waals surface area contributed by atoms with Crippen LogP contribution in [0.25, 0.3) is 0 Å². The van der Waals surface area contributed by atoms with Crippen LogP contribution < -0.4 is 5.32 Å². The summed E-state index contributed by atoms with van der Waals surface area (Å²) in [6.45, 7) is 1.92. The van der Waals surface area contributed by atoms with Crippen LogP contribution in [-0.2, 0) is 18.4 Å². The molecule has 0 aromatic carbocycles. The van der Waals surface area contributed by atoms with Gasteiger partial charge in [0.1, 0.15) is 0 Å². The third-order valence-corrected chi connectivity index (χ3v) is 4.98. The van der Waals surface area contributed by atoms with Gasteiger partial charge in [0.15, 0.2) is 5.16 Å². The molecule has 0 saturated heterocycles. The van der Waals surface area contributed by atoms with Crippen molar-refractivity contribution < 1.29 is 9.90 Å². The number of nitrogens with one attached hydrogen (secondary N) is 1. The van der Waals surface area contributed by atoms with Crippen molar-refractivity contribution >= 4 is 29.0 Å². The van der Waals surface area contributed by atoms with Crippen molar-refractivity contribution in [2.45, 2.75) is 24.7 Å². The summed E-state index contributed by atoms with van der Waals surface area (Å²) in [7, 11) is 1.83. The number of hydrogen-bond acceptors (Lipinski definition) is 5. The van der Waals surface area contributed by atoms with Gasteiger partial charge in [0.2, 0.25) is 5.91 Å². The van der Waals surface area contributed by atoms with E-state index in [9.17, 15) is 4.79 Å². The Labute approximate surface area is 126 Å². The number of thioether (sulfide) groups is 1. The largest absolute Gasteiger partial charge is 0.390 e. The van der Waals surface area contributed by atoms with Gasteiger partial charge in [0.25, 0.3) is 0 Å². The van der Waals surface area contributed by atoms with Crippen LogP contribution in [0, 0.1) is 0 Å². The van der Waals surface area contributed by atoms with E-state index in [2.05, 4.69) is 10.3 Å². The Balaban J connectivity index is 1.84. The van der Waals surface area contributed by atoms with E-state index < -0.39 is 0 Å². The van der Waals surface area contributed by atoms with Crippen molar-refractivity contribution in [3.63, 3.8) is 0 Å². The molecule has 1 unspecified atom stereocenters. The summed E-state index contributed by atoms with van der Waals surface area (Å²) in [6.07, 6.45) is 1.62. The minimum atomic E-state index is -0.0499. The molecule has 1 atom stereocenters. The molecule has 2 N–H and O–H groups in total. The summed E-state index contributed by atoms with van der Waals surface area (Å²) in [6, 6.07) is 4.01. The Kier molecular flexibility index (Phi) is 5.22. The van der Waals surface area contributed by atoms with Gasteiger partial charge in [-0.2, -0.15) is 0 Å². The molecule has 5 nitrogen and oxygen atoms in total. The number of carbonyl (C=O) groups is 1. The van der Waals surface area contributed by atoms with Gasteiger partial charge < -0.3 is 15.0 Å². The number of amides is 1. The number of hydrogen-bond donors (Lipinski definition) is 2. The lowest BCUT2D eigenvalue weighted by molar-refractivity contribution is -0.119. The fourth-order valence-electron chi connectivity index (χ4n) is 1.73. The summed E-state index contributed by atoms with van der Waals surface area (Å²) in [5.74, 6) is 0.287. The molecule has 0 bridgehead atoms. The summed E-state index contributed by atoms with van der Waals surface area (Å²) < 4.78 is 1.79. The van der Waals surface area contributed by atoms with Crippen molar-refractivity contribution in [2.75, 3.05) is 5.75 Å². The molecule has 0 spiro atoms. The molecule has 2 rings (SSSR count). The number of nitrogens with zero attached hydrogens (tertiary/aromatic N) is 2. The third kappa shape index (κ3) is 3.62. The van der Waals surface area contributed by atoms with E-state index in [4.69, 9.17) is 5.11 Å². The van der Waals surface area contributed by atoms with Crippen LogP contribution in [0.3, 0.4) is 0 Å². The molecular weight excluding hydrogens is 294 g/mol. The maximum Gasteiger partial charge on any atom is 0.230 e. The molecule has 0 aliphatic rings. The Morgan fingerprint density at radius 3 is 3.05 bits per heavy atom. The van der Waals surface area contributed by atoms with E-state index in [0.29, 0.717) is 5.75 Å². The lowest BCUT2D eigenvalue weighted by atomic mass is 10.3. The Morgan fingerprint density at radius 1 is 1.65 bits per heavy atom. The summed E-state index contributed by atoms with van der Waals surface area (Å²) in [4.78, 5) is 17.2. The average Bonchev–Trinajstić information content (AvgIpc) is 3.06. The maximum absolute atomic E-state index is 11.9. The molecule has 2 aromatic heterocycles. The van der Waals surface area contributed by atoms with Crippen LogP contribution >= 0.6 is 23.1 Å². The van der Waals surface area contributed by atoms with E-state index in [1.807, 2.05) is 31.5 Å². The van der Waals surface area contributed by atoms with E-state index in [1.54, 1.807) is 22.1 Å². The standard InChI is InChI=1S/C13H17N3O2S2/c1-9(11-4-3-5-19-11)15-12(18)8-20-13-14-6-10(7-17)16(13)2/h3-6,9,17H,7-8H2,1-2H3,(H,15,18). The predicted octanol–water partition coefficient (Wildman–Crippen LogP) is 1.94. The lowest BCUT2D eigenvalue weighted by Gasteiger charge is -2.11. The van der Waals surface area contributed by atoms with Gasteiger partial charge in [-0.15, -0.1) is 11.3 Å². The first kappa shape index (κ1) is 15.1. The number of carbonyl (C=O) groups excluding carboxylic acids is 1. The first-order valence-corrected chi connectivity index (χ1v) is 8.05. The normalized spacial score (nSPS) is 12.3. The molecule has 2 heterocycles. The van der Waals surface area contributed by atoms with Gasteiger partial charge in [0.05, 0.1) is 30.3 Å². The molecule has 2 aromatic rings. The van der Waals surface area contributed by atoms with Crippen LogP contribution in [0.1, 0.15) is 23.5 Å². The zero-order valence-electron chi connectivity index (χ0n) is 11.4. The molecule has 0 fully saturated rings. The predicted molar refractivity (Wildman–Crippen MR) is 80.7 cm³/mol. The Morgan fingerprint density at radius 2 is 2.45 bits per heavy atom. The lowest BCUT2D eigenvalue weighted by Crippen LogP contribution is -2.27. The fraction of sp³-hybridized carbons (Fsp3) is 0.385. The summed E-state index contributed by atoms with van der Waals surface area (Å²) >= 11 is 2.99.